The number of fused-ring (bicyclic) bond motifs is 1. The summed E-state index contributed by atoms with van der Waals surface area (Å²) in [7, 11) is 5.12. The number of aromatic nitrogens is 2. The second-order valence-electron chi connectivity index (χ2n) is 5.41. The van der Waals surface area contributed by atoms with E-state index in [1.807, 2.05) is 35.9 Å². The number of carbonyl (C=O) groups excluding carboxylic acids is 1. The maximum Gasteiger partial charge on any atom is 0.317 e. The molecule has 0 aliphatic carbocycles. The molecule has 130 valence electrons. The van der Waals surface area contributed by atoms with Gasteiger partial charge in [0.2, 0.25) is 5.91 Å². The van der Waals surface area contributed by atoms with Crippen molar-refractivity contribution in [3.63, 3.8) is 0 Å². The fourth-order valence-electron chi connectivity index (χ4n) is 2.54. The average molecular weight is 358 g/mol. The molecule has 7 heteroatoms. The number of H-pyrrole nitrogens is 1. The van der Waals surface area contributed by atoms with Crippen LogP contribution >= 0.6 is 11.8 Å². The van der Waals surface area contributed by atoms with Gasteiger partial charge >= 0.3 is 5.16 Å². The molecule has 0 radical (unpaired) electrons. The Labute approximate surface area is 150 Å². The highest BCUT2D eigenvalue weighted by atomic mass is 32.2. The number of anilines is 1. The van der Waals surface area contributed by atoms with Gasteiger partial charge in [0.25, 0.3) is 0 Å². The lowest BCUT2D eigenvalue weighted by molar-refractivity contribution is -0.683. The van der Waals surface area contributed by atoms with Crippen molar-refractivity contribution < 1.29 is 18.8 Å². The number of carbonyl (C=O) groups is 1. The summed E-state index contributed by atoms with van der Waals surface area (Å²) in [5.41, 5.74) is 2.77. The summed E-state index contributed by atoms with van der Waals surface area (Å²) in [5, 5.41) is 3.80. The van der Waals surface area contributed by atoms with Gasteiger partial charge in [-0.05, 0) is 36.0 Å². The molecule has 1 aromatic heterocycles. The lowest BCUT2D eigenvalue weighted by atomic mass is 10.2. The second kappa shape index (κ2) is 7.48. The van der Waals surface area contributed by atoms with Crippen LogP contribution in [0.15, 0.2) is 47.6 Å². The number of ether oxygens (including phenoxy) is 2. The van der Waals surface area contributed by atoms with Gasteiger partial charge in [0.1, 0.15) is 11.5 Å². The Morgan fingerprint density at radius 3 is 2.72 bits per heavy atom. The van der Waals surface area contributed by atoms with Crippen LogP contribution in [0.4, 0.5) is 5.69 Å². The molecule has 0 saturated heterocycles. The Morgan fingerprint density at radius 2 is 2.00 bits per heavy atom. The minimum absolute atomic E-state index is 0.105. The van der Waals surface area contributed by atoms with Crippen molar-refractivity contribution in [3.8, 4) is 11.5 Å². The zero-order valence-corrected chi connectivity index (χ0v) is 15.1. The summed E-state index contributed by atoms with van der Waals surface area (Å²) >= 11 is 1.45. The molecule has 0 fully saturated rings. The number of hydrogen-bond donors (Lipinski definition) is 2. The highest BCUT2D eigenvalue weighted by molar-refractivity contribution is 7.99. The van der Waals surface area contributed by atoms with E-state index in [0.29, 0.717) is 17.2 Å². The van der Waals surface area contributed by atoms with Gasteiger partial charge in [0, 0.05) is 6.07 Å². The van der Waals surface area contributed by atoms with E-state index in [2.05, 4.69) is 10.3 Å². The molecule has 0 aliphatic rings. The van der Waals surface area contributed by atoms with Crippen LogP contribution in [0.2, 0.25) is 0 Å². The van der Waals surface area contributed by atoms with Crippen molar-refractivity contribution in [1.82, 2.24) is 4.98 Å². The van der Waals surface area contributed by atoms with Gasteiger partial charge in [0.05, 0.1) is 32.7 Å². The van der Waals surface area contributed by atoms with Crippen molar-refractivity contribution in [2.24, 2.45) is 7.05 Å². The number of imidazole rings is 1. The predicted octanol–water partition coefficient (Wildman–Crippen LogP) is 2.74. The van der Waals surface area contributed by atoms with E-state index in [-0.39, 0.29) is 11.7 Å². The largest absolute Gasteiger partial charge is 0.497 e. The van der Waals surface area contributed by atoms with Crippen LogP contribution in [0.5, 0.6) is 11.5 Å². The van der Waals surface area contributed by atoms with Crippen LogP contribution in [0, 0.1) is 0 Å². The van der Waals surface area contributed by atoms with Gasteiger partial charge in [-0.15, -0.1) is 0 Å². The van der Waals surface area contributed by atoms with Crippen molar-refractivity contribution >= 4 is 34.4 Å². The standard InChI is InChI=1S/C18H19N3O3S/c1-21-15-7-5-4-6-13(15)20-18(21)25-11-17(22)19-14-9-8-12(23-2)10-16(14)24-3/h4-10H,11H2,1-3H3,(H,19,22)/p+1. The molecule has 1 heterocycles. The van der Waals surface area contributed by atoms with E-state index < -0.39 is 0 Å². The molecule has 0 aliphatic heterocycles. The van der Waals surface area contributed by atoms with Gasteiger partial charge in [-0.25, -0.2) is 9.55 Å². The number of aromatic amines is 1. The topological polar surface area (TPSA) is 67.2 Å². The molecule has 0 atom stereocenters. The van der Waals surface area contributed by atoms with E-state index in [4.69, 9.17) is 9.47 Å². The quantitative estimate of drug-likeness (QED) is 0.525. The van der Waals surface area contributed by atoms with Crippen LogP contribution in [0.25, 0.3) is 11.0 Å². The number of rotatable bonds is 6. The van der Waals surface area contributed by atoms with Crippen LogP contribution in [0.3, 0.4) is 0 Å². The summed E-state index contributed by atoms with van der Waals surface area (Å²) in [6.07, 6.45) is 0. The summed E-state index contributed by atoms with van der Waals surface area (Å²) < 4.78 is 12.5. The van der Waals surface area contributed by atoms with E-state index >= 15 is 0 Å². The van der Waals surface area contributed by atoms with E-state index in [9.17, 15) is 4.79 Å². The Bertz CT molecular complexity index is 908. The number of aryl methyl sites for hydroxylation is 1. The van der Waals surface area contributed by atoms with Crippen molar-refractivity contribution in [2.45, 2.75) is 5.16 Å². The fraction of sp³-hybridized carbons (Fsp3) is 0.222. The molecule has 3 aromatic rings. The molecule has 1 amide bonds. The number of para-hydroxylation sites is 2. The SMILES string of the molecule is COc1ccc(NC(=O)CSc2[nH]c3ccccc3[n+]2C)c(OC)c1. The zero-order chi connectivity index (χ0) is 17.8. The molecular formula is C18H20N3O3S+. The lowest BCUT2D eigenvalue weighted by Crippen LogP contribution is -2.29. The highest BCUT2D eigenvalue weighted by Gasteiger charge is 2.17. The monoisotopic (exact) mass is 358 g/mol. The summed E-state index contributed by atoms with van der Waals surface area (Å²) in [6, 6.07) is 13.3. The third-order valence-electron chi connectivity index (χ3n) is 3.83. The normalized spacial score (nSPS) is 10.7. The van der Waals surface area contributed by atoms with E-state index in [1.54, 1.807) is 32.4 Å². The number of nitrogens with zero attached hydrogens (tertiary/aromatic N) is 1. The first-order valence-electron chi connectivity index (χ1n) is 7.74. The van der Waals surface area contributed by atoms with Gasteiger partial charge in [-0.3, -0.25) is 4.79 Å². The molecule has 6 nitrogen and oxygen atoms in total. The third-order valence-corrected chi connectivity index (χ3v) is 4.89. The van der Waals surface area contributed by atoms with Gasteiger partial charge in [-0.2, -0.15) is 0 Å². The lowest BCUT2D eigenvalue weighted by Gasteiger charge is -2.11. The number of benzene rings is 2. The molecule has 25 heavy (non-hydrogen) atoms. The summed E-state index contributed by atoms with van der Waals surface area (Å²) in [4.78, 5) is 15.6. The van der Waals surface area contributed by atoms with Gasteiger partial charge in [-0.1, -0.05) is 12.1 Å². The average Bonchev–Trinajstić information content (AvgIpc) is 2.96. The number of amides is 1. The molecule has 0 spiro atoms. The third kappa shape index (κ3) is 3.71. The Kier molecular flexibility index (Phi) is 5.14. The zero-order valence-electron chi connectivity index (χ0n) is 14.3. The molecule has 0 bridgehead atoms. The van der Waals surface area contributed by atoms with Gasteiger partial charge in [0.15, 0.2) is 11.0 Å². The van der Waals surface area contributed by atoms with E-state index in [0.717, 1.165) is 16.2 Å². The molecular weight excluding hydrogens is 338 g/mol. The van der Waals surface area contributed by atoms with Crippen molar-refractivity contribution in [3.05, 3.63) is 42.5 Å². The van der Waals surface area contributed by atoms with Crippen LogP contribution in [-0.2, 0) is 11.8 Å². The highest BCUT2D eigenvalue weighted by Crippen LogP contribution is 2.29. The fourth-order valence-corrected chi connectivity index (χ4v) is 3.35. The Morgan fingerprint density at radius 1 is 1.20 bits per heavy atom. The molecule has 2 aromatic carbocycles. The molecule has 3 rings (SSSR count). The van der Waals surface area contributed by atoms with Crippen LogP contribution in [0.1, 0.15) is 0 Å². The number of thioether (sulfide) groups is 1. The first-order valence-corrected chi connectivity index (χ1v) is 8.72. The minimum Gasteiger partial charge on any atom is -0.497 e. The first-order chi connectivity index (χ1) is 12.1. The second-order valence-corrected chi connectivity index (χ2v) is 6.37. The first kappa shape index (κ1) is 17.2. The molecule has 0 unspecified atom stereocenters. The Balaban J connectivity index is 1.67. The van der Waals surface area contributed by atoms with Crippen LogP contribution < -0.4 is 19.4 Å². The minimum atomic E-state index is -0.105. The Hall–Kier alpha value is -2.67. The number of nitrogens with one attached hydrogen (secondary N) is 2. The molecule has 2 N–H and O–H groups in total. The van der Waals surface area contributed by atoms with Gasteiger partial charge < -0.3 is 14.8 Å². The van der Waals surface area contributed by atoms with Crippen molar-refractivity contribution in [1.29, 1.82) is 0 Å². The molecule has 0 saturated carbocycles. The summed E-state index contributed by atoms with van der Waals surface area (Å²) in [6.45, 7) is 0. The number of methoxy groups -OCH3 is 2. The maximum absolute atomic E-state index is 12.3. The van der Waals surface area contributed by atoms with E-state index in [1.165, 1.54) is 11.8 Å². The van der Waals surface area contributed by atoms with Crippen LogP contribution in [-0.4, -0.2) is 30.9 Å². The number of hydrogen-bond acceptors (Lipinski definition) is 4. The smallest absolute Gasteiger partial charge is 0.317 e. The van der Waals surface area contributed by atoms with Crippen molar-refractivity contribution in [2.75, 3.05) is 25.3 Å². The summed E-state index contributed by atoms with van der Waals surface area (Å²) in [5.74, 6) is 1.42. The predicted molar refractivity (Wildman–Crippen MR) is 98.4 cm³/mol. The maximum atomic E-state index is 12.3.